The van der Waals surface area contributed by atoms with Crippen LogP contribution >= 0.6 is 22.9 Å². The summed E-state index contributed by atoms with van der Waals surface area (Å²) in [6, 6.07) is 14.7. The fourth-order valence-electron chi connectivity index (χ4n) is 2.56. The van der Waals surface area contributed by atoms with Gasteiger partial charge >= 0.3 is 6.03 Å². The number of hydrogen-bond donors (Lipinski definition) is 3. The predicted octanol–water partition coefficient (Wildman–Crippen LogP) is 4.85. The first-order valence-electron chi connectivity index (χ1n) is 9.09. The molecule has 150 valence electrons. The summed E-state index contributed by atoms with van der Waals surface area (Å²) in [7, 11) is 0. The summed E-state index contributed by atoms with van der Waals surface area (Å²) < 4.78 is 0. The molecule has 3 amide bonds. The summed E-state index contributed by atoms with van der Waals surface area (Å²) in [6.07, 6.45) is 2.61. The molecule has 0 bridgehead atoms. The number of carbonyl (C=O) groups is 2. The highest BCUT2D eigenvalue weighted by Crippen LogP contribution is 2.24. The molecule has 0 atom stereocenters. The lowest BCUT2D eigenvalue weighted by Gasteiger charge is -2.07. The van der Waals surface area contributed by atoms with Crippen LogP contribution in [0.25, 0.3) is 0 Å². The Kier molecular flexibility index (Phi) is 7.21. The average Bonchev–Trinajstić information content (AvgIpc) is 3.12. The Labute approximate surface area is 178 Å². The zero-order valence-corrected chi connectivity index (χ0v) is 17.4. The largest absolute Gasteiger partial charge is 0.337 e. The number of rotatable bonds is 7. The second-order valence-electron chi connectivity index (χ2n) is 6.44. The van der Waals surface area contributed by atoms with Crippen molar-refractivity contribution in [3.05, 3.63) is 75.8 Å². The van der Waals surface area contributed by atoms with Crippen LogP contribution in [-0.2, 0) is 11.2 Å². The smallest absolute Gasteiger partial charge is 0.319 e. The summed E-state index contributed by atoms with van der Waals surface area (Å²) in [5.74, 6) is -0.204. The zero-order valence-electron chi connectivity index (χ0n) is 15.9. The maximum atomic E-state index is 12.1. The molecule has 29 heavy (non-hydrogen) atoms. The fraction of sp³-hybridized carbons (Fsp3) is 0.190. The standard InChI is InChI=1S/C21H21ClN4O2S/c1-14-7-8-15(12-18(14)22)11-17-13-24-21(29-17)26-19(27)9-10-23-20(28)25-16-5-3-2-4-6-16/h2-8,12-13H,9-11H2,1H3,(H2,23,25,28)(H,24,26,27). The molecule has 6 nitrogen and oxygen atoms in total. The first kappa shape index (κ1) is 20.8. The molecular weight excluding hydrogens is 408 g/mol. The molecule has 3 aromatic rings. The SMILES string of the molecule is Cc1ccc(Cc2cnc(NC(=O)CCNC(=O)Nc3ccccc3)s2)cc1Cl. The number of para-hydroxylation sites is 1. The number of benzene rings is 2. The number of thiazole rings is 1. The predicted molar refractivity (Wildman–Crippen MR) is 118 cm³/mol. The Morgan fingerprint density at radius 1 is 1.10 bits per heavy atom. The van der Waals surface area contributed by atoms with E-state index >= 15 is 0 Å². The van der Waals surface area contributed by atoms with E-state index in [0.29, 0.717) is 17.2 Å². The molecule has 2 aromatic carbocycles. The highest BCUT2D eigenvalue weighted by molar-refractivity contribution is 7.15. The minimum atomic E-state index is -0.350. The molecule has 0 saturated carbocycles. The van der Waals surface area contributed by atoms with Gasteiger partial charge in [-0.25, -0.2) is 9.78 Å². The fourth-order valence-corrected chi connectivity index (χ4v) is 3.63. The van der Waals surface area contributed by atoms with Gasteiger partial charge in [-0.05, 0) is 36.2 Å². The molecule has 0 saturated heterocycles. The molecule has 0 aliphatic rings. The first-order valence-corrected chi connectivity index (χ1v) is 10.3. The van der Waals surface area contributed by atoms with Crippen molar-refractivity contribution in [3.63, 3.8) is 0 Å². The van der Waals surface area contributed by atoms with Crippen LogP contribution in [0.5, 0.6) is 0 Å². The van der Waals surface area contributed by atoms with Gasteiger partial charge in [0.1, 0.15) is 0 Å². The molecule has 0 fully saturated rings. The van der Waals surface area contributed by atoms with Gasteiger partial charge in [0.25, 0.3) is 0 Å². The van der Waals surface area contributed by atoms with Gasteiger partial charge < -0.3 is 16.0 Å². The van der Waals surface area contributed by atoms with Crippen LogP contribution in [0.1, 0.15) is 22.4 Å². The Morgan fingerprint density at radius 2 is 1.90 bits per heavy atom. The second kappa shape index (κ2) is 10.0. The molecule has 1 aromatic heterocycles. The van der Waals surface area contributed by atoms with E-state index in [2.05, 4.69) is 20.9 Å². The third kappa shape index (κ3) is 6.58. The second-order valence-corrected chi connectivity index (χ2v) is 7.96. The van der Waals surface area contributed by atoms with Gasteiger partial charge in [-0.15, -0.1) is 11.3 Å². The maximum Gasteiger partial charge on any atom is 0.319 e. The minimum absolute atomic E-state index is 0.157. The Bertz CT molecular complexity index is 991. The number of urea groups is 1. The minimum Gasteiger partial charge on any atom is -0.337 e. The van der Waals surface area contributed by atoms with Crippen molar-refractivity contribution in [2.45, 2.75) is 19.8 Å². The topological polar surface area (TPSA) is 83.1 Å². The number of aromatic nitrogens is 1. The Morgan fingerprint density at radius 3 is 2.66 bits per heavy atom. The maximum absolute atomic E-state index is 12.1. The van der Waals surface area contributed by atoms with Crippen LogP contribution in [-0.4, -0.2) is 23.5 Å². The molecule has 0 aliphatic heterocycles. The number of hydrogen-bond acceptors (Lipinski definition) is 4. The molecular formula is C21H21ClN4O2S. The van der Waals surface area contributed by atoms with Crippen molar-refractivity contribution in [2.75, 3.05) is 17.2 Å². The van der Waals surface area contributed by atoms with Crippen LogP contribution in [0.4, 0.5) is 15.6 Å². The van der Waals surface area contributed by atoms with Crippen molar-refractivity contribution in [1.82, 2.24) is 10.3 Å². The third-order valence-electron chi connectivity index (χ3n) is 4.08. The molecule has 0 aliphatic carbocycles. The lowest BCUT2D eigenvalue weighted by Crippen LogP contribution is -2.31. The van der Waals surface area contributed by atoms with E-state index in [1.165, 1.54) is 11.3 Å². The van der Waals surface area contributed by atoms with Gasteiger partial charge in [0.2, 0.25) is 5.91 Å². The van der Waals surface area contributed by atoms with Crippen molar-refractivity contribution in [2.24, 2.45) is 0 Å². The summed E-state index contributed by atoms with van der Waals surface area (Å²) in [6.45, 7) is 2.19. The van der Waals surface area contributed by atoms with E-state index in [1.54, 1.807) is 18.3 Å². The van der Waals surface area contributed by atoms with Gasteiger partial charge in [-0.2, -0.15) is 0 Å². The summed E-state index contributed by atoms with van der Waals surface area (Å²) >= 11 is 7.59. The highest BCUT2D eigenvalue weighted by Gasteiger charge is 2.09. The number of amides is 3. The lowest BCUT2D eigenvalue weighted by molar-refractivity contribution is -0.116. The van der Waals surface area contributed by atoms with Gasteiger partial charge in [0.15, 0.2) is 5.13 Å². The van der Waals surface area contributed by atoms with Crippen LogP contribution in [0.3, 0.4) is 0 Å². The van der Waals surface area contributed by atoms with Crippen molar-refractivity contribution in [3.8, 4) is 0 Å². The molecule has 8 heteroatoms. The van der Waals surface area contributed by atoms with Crippen molar-refractivity contribution >= 4 is 45.7 Å². The summed E-state index contributed by atoms with van der Waals surface area (Å²) in [4.78, 5) is 29.1. The van der Waals surface area contributed by atoms with Gasteiger partial charge in [-0.3, -0.25) is 4.79 Å². The zero-order chi connectivity index (χ0) is 20.6. The average molecular weight is 429 g/mol. The van der Waals surface area contributed by atoms with Crippen molar-refractivity contribution in [1.29, 1.82) is 0 Å². The van der Waals surface area contributed by atoms with E-state index in [1.807, 2.05) is 43.3 Å². The number of nitrogens with one attached hydrogen (secondary N) is 3. The van der Waals surface area contributed by atoms with E-state index in [-0.39, 0.29) is 24.9 Å². The van der Waals surface area contributed by atoms with Crippen LogP contribution in [0.2, 0.25) is 5.02 Å². The van der Waals surface area contributed by atoms with Gasteiger partial charge in [0, 0.05) is 41.2 Å². The highest BCUT2D eigenvalue weighted by atomic mass is 35.5. The quantitative estimate of drug-likeness (QED) is 0.503. The number of anilines is 2. The van der Waals surface area contributed by atoms with Crippen LogP contribution < -0.4 is 16.0 Å². The number of halogens is 1. The van der Waals surface area contributed by atoms with Crippen molar-refractivity contribution < 1.29 is 9.59 Å². The van der Waals surface area contributed by atoms with E-state index in [9.17, 15) is 9.59 Å². The lowest BCUT2D eigenvalue weighted by atomic mass is 10.1. The molecule has 3 N–H and O–H groups in total. The Balaban J connectivity index is 1.41. The van der Waals surface area contributed by atoms with E-state index in [4.69, 9.17) is 11.6 Å². The Hall–Kier alpha value is -2.90. The van der Waals surface area contributed by atoms with E-state index in [0.717, 1.165) is 21.0 Å². The first-order chi connectivity index (χ1) is 14.0. The van der Waals surface area contributed by atoms with Gasteiger partial charge in [-0.1, -0.05) is 41.9 Å². The normalized spacial score (nSPS) is 10.4. The molecule has 0 radical (unpaired) electrons. The summed E-state index contributed by atoms with van der Waals surface area (Å²) in [5.41, 5.74) is 2.83. The van der Waals surface area contributed by atoms with Crippen LogP contribution in [0.15, 0.2) is 54.7 Å². The monoisotopic (exact) mass is 428 g/mol. The molecule has 0 spiro atoms. The molecule has 3 rings (SSSR count). The van der Waals surface area contributed by atoms with Crippen LogP contribution in [0, 0.1) is 6.92 Å². The number of carbonyl (C=O) groups excluding carboxylic acids is 2. The molecule has 1 heterocycles. The molecule has 0 unspecified atom stereocenters. The van der Waals surface area contributed by atoms with Gasteiger partial charge in [0.05, 0.1) is 0 Å². The number of nitrogens with zero attached hydrogens (tertiary/aromatic N) is 1. The number of aryl methyl sites for hydroxylation is 1. The summed E-state index contributed by atoms with van der Waals surface area (Å²) in [5, 5.41) is 9.39. The van der Waals surface area contributed by atoms with E-state index < -0.39 is 0 Å². The third-order valence-corrected chi connectivity index (χ3v) is 5.40.